The molecule has 3 aliphatic rings. The number of hydrogen-bond acceptors (Lipinski definition) is 7. The lowest BCUT2D eigenvalue weighted by Crippen LogP contribution is -2.49. The van der Waals surface area contributed by atoms with Crippen molar-refractivity contribution in [1.82, 2.24) is 15.3 Å². The summed E-state index contributed by atoms with van der Waals surface area (Å²) in [6, 6.07) is 3.51. The molecule has 1 saturated heterocycles. The molecule has 1 aliphatic carbocycles. The molecule has 1 unspecified atom stereocenters. The van der Waals surface area contributed by atoms with Gasteiger partial charge in [0.25, 0.3) is 11.7 Å². The van der Waals surface area contributed by atoms with E-state index in [-0.39, 0.29) is 5.91 Å². The van der Waals surface area contributed by atoms with E-state index in [1.165, 1.54) is 6.33 Å². The van der Waals surface area contributed by atoms with E-state index in [4.69, 9.17) is 4.74 Å². The van der Waals surface area contributed by atoms with Gasteiger partial charge in [0.1, 0.15) is 23.4 Å². The van der Waals surface area contributed by atoms with Gasteiger partial charge in [0.05, 0.1) is 12.2 Å². The van der Waals surface area contributed by atoms with Crippen molar-refractivity contribution in [3.8, 4) is 0 Å². The number of fused-ring (bicyclic) bond motifs is 2. The second-order valence-corrected chi connectivity index (χ2v) is 8.85. The molecular weight excluding hydrogens is 396 g/mol. The third-order valence-electron chi connectivity index (χ3n) is 6.67. The summed E-state index contributed by atoms with van der Waals surface area (Å²) in [7, 11) is 0. The largest absolute Gasteiger partial charge is 0.710 e. The zero-order valence-corrected chi connectivity index (χ0v) is 17.7. The molecular formula is C22H28N6O3. The van der Waals surface area contributed by atoms with Crippen molar-refractivity contribution in [2.45, 2.75) is 51.0 Å². The fraction of sp³-hybridized carbons (Fsp3) is 0.545. The van der Waals surface area contributed by atoms with Crippen molar-refractivity contribution in [3.05, 3.63) is 40.5 Å². The van der Waals surface area contributed by atoms with Crippen molar-refractivity contribution in [2.24, 2.45) is 5.92 Å². The second kappa shape index (κ2) is 7.96. The summed E-state index contributed by atoms with van der Waals surface area (Å²) in [6.45, 7) is 4.24. The Balaban J connectivity index is 1.42. The minimum atomic E-state index is -0.559. The van der Waals surface area contributed by atoms with Crippen molar-refractivity contribution in [2.75, 3.05) is 30.4 Å². The summed E-state index contributed by atoms with van der Waals surface area (Å²) >= 11 is 0. The molecule has 9 nitrogen and oxygen atoms in total. The number of nitrogens with zero attached hydrogens (tertiary/aromatic N) is 3. The first-order chi connectivity index (χ1) is 15.1. The Labute approximate surface area is 181 Å². The normalized spacial score (nSPS) is 21.7. The Hall–Kier alpha value is -2.94. The summed E-state index contributed by atoms with van der Waals surface area (Å²) in [6.07, 6.45) is 7.24. The van der Waals surface area contributed by atoms with Gasteiger partial charge in [-0.05, 0) is 31.7 Å². The molecule has 164 valence electrons. The summed E-state index contributed by atoms with van der Waals surface area (Å²) in [5, 5.41) is 23.0. The van der Waals surface area contributed by atoms with Crippen LogP contribution in [0.2, 0.25) is 0 Å². The van der Waals surface area contributed by atoms with Crippen LogP contribution in [-0.4, -0.2) is 35.6 Å². The monoisotopic (exact) mass is 424 g/mol. The molecule has 2 aromatic rings. The van der Waals surface area contributed by atoms with Crippen molar-refractivity contribution in [1.29, 1.82) is 0 Å². The molecule has 31 heavy (non-hydrogen) atoms. The number of aromatic nitrogens is 3. The van der Waals surface area contributed by atoms with E-state index in [9.17, 15) is 10.0 Å². The third-order valence-corrected chi connectivity index (χ3v) is 6.67. The fourth-order valence-corrected chi connectivity index (χ4v) is 5.05. The topological polar surface area (TPSA) is 115 Å². The van der Waals surface area contributed by atoms with Crippen LogP contribution in [0.3, 0.4) is 0 Å². The van der Waals surface area contributed by atoms with Crippen LogP contribution in [0, 0.1) is 18.0 Å². The van der Waals surface area contributed by atoms with Gasteiger partial charge in [0, 0.05) is 31.2 Å². The zero-order valence-electron chi connectivity index (χ0n) is 17.7. The molecule has 5 rings (SSSR count). The molecule has 1 spiro atoms. The minimum Gasteiger partial charge on any atom is -0.710 e. The third kappa shape index (κ3) is 3.67. The van der Waals surface area contributed by atoms with Crippen LogP contribution in [0.1, 0.15) is 60.1 Å². The van der Waals surface area contributed by atoms with Gasteiger partial charge in [0.15, 0.2) is 0 Å². The number of amides is 1. The van der Waals surface area contributed by atoms with E-state index in [1.807, 2.05) is 6.92 Å². The predicted octanol–water partition coefficient (Wildman–Crippen LogP) is 2.51. The molecule has 9 heteroatoms. The molecule has 1 atom stereocenters. The molecule has 0 radical (unpaired) electrons. The summed E-state index contributed by atoms with van der Waals surface area (Å²) in [5.74, 6) is 1.92. The molecule has 1 amide bonds. The molecule has 2 aromatic heterocycles. The highest BCUT2D eigenvalue weighted by atomic mass is 16.5. The first-order valence-corrected chi connectivity index (χ1v) is 11.1. The van der Waals surface area contributed by atoms with Gasteiger partial charge < -0.3 is 20.6 Å². The molecule has 3 N–H and O–H groups in total. The number of pyridine rings is 1. The van der Waals surface area contributed by atoms with Gasteiger partial charge in [-0.25, -0.2) is 15.0 Å². The Morgan fingerprint density at radius 2 is 2.06 bits per heavy atom. The van der Waals surface area contributed by atoms with Gasteiger partial charge in [-0.3, -0.25) is 4.79 Å². The molecule has 0 bridgehead atoms. The first kappa shape index (κ1) is 20.0. The van der Waals surface area contributed by atoms with E-state index >= 15 is 0 Å². The number of anilines is 3. The molecule has 1 saturated carbocycles. The highest BCUT2D eigenvalue weighted by Gasteiger charge is 2.48. The van der Waals surface area contributed by atoms with E-state index in [1.54, 1.807) is 12.1 Å². The van der Waals surface area contributed by atoms with Crippen LogP contribution in [-0.2, 0) is 10.3 Å². The molecule has 2 aliphatic heterocycles. The predicted molar refractivity (Wildman–Crippen MR) is 115 cm³/mol. The molecule has 4 heterocycles. The maximum absolute atomic E-state index is 13.4. The van der Waals surface area contributed by atoms with E-state index in [0.717, 1.165) is 68.6 Å². The van der Waals surface area contributed by atoms with E-state index in [0.29, 0.717) is 34.6 Å². The summed E-state index contributed by atoms with van der Waals surface area (Å²) in [4.78, 5) is 21.2. The van der Waals surface area contributed by atoms with Crippen LogP contribution < -0.4 is 20.7 Å². The summed E-state index contributed by atoms with van der Waals surface area (Å²) < 4.78 is 6.30. The lowest BCUT2D eigenvalue weighted by molar-refractivity contribution is -0.603. The van der Waals surface area contributed by atoms with Gasteiger partial charge in [0.2, 0.25) is 5.82 Å². The highest BCUT2D eigenvalue weighted by Crippen LogP contribution is 2.42. The zero-order chi connectivity index (χ0) is 21.4. The smallest absolute Gasteiger partial charge is 0.284 e. The lowest BCUT2D eigenvalue weighted by atomic mass is 9.79. The standard InChI is InChI=1S/C22H28N6O3/c1-14-9-18(26-17-10-16(24-13-25-17)23-11-15-5-8-31-12-15)28(30)20-19(14)21(29)27-22(20)6-3-2-4-7-22/h9-10,13,15H,2-8,11-12H2,1H3,(H,27,29)(H2,23,24,25,26). The average Bonchev–Trinajstić information content (AvgIpc) is 3.38. The number of carbonyl (C=O) groups is 1. The van der Waals surface area contributed by atoms with Gasteiger partial charge in [-0.2, -0.15) is 4.98 Å². The SMILES string of the molecule is Cc1cc(Nc2cc(NCC3CCOC3)ncn2)[n+]([O-])c2c1C(=O)NC21CCCCC1. The molecule has 2 fully saturated rings. The summed E-state index contributed by atoms with van der Waals surface area (Å²) in [5.41, 5.74) is 1.30. The number of hydrogen-bond donors (Lipinski definition) is 3. The Bertz CT molecular complexity index is 999. The van der Waals surface area contributed by atoms with E-state index < -0.39 is 5.54 Å². The Morgan fingerprint density at radius 1 is 1.26 bits per heavy atom. The van der Waals surface area contributed by atoms with Crippen LogP contribution in [0.15, 0.2) is 18.5 Å². The number of rotatable bonds is 5. The van der Waals surface area contributed by atoms with Crippen LogP contribution >= 0.6 is 0 Å². The van der Waals surface area contributed by atoms with Gasteiger partial charge >= 0.3 is 0 Å². The maximum atomic E-state index is 13.4. The van der Waals surface area contributed by atoms with Crippen molar-refractivity contribution in [3.63, 3.8) is 0 Å². The minimum absolute atomic E-state index is 0.144. The highest BCUT2D eigenvalue weighted by molar-refractivity contribution is 6.00. The van der Waals surface area contributed by atoms with E-state index in [2.05, 4.69) is 25.9 Å². The number of ether oxygens (including phenoxy) is 1. The van der Waals surface area contributed by atoms with Crippen molar-refractivity contribution < 1.29 is 14.3 Å². The van der Waals surface area contributed by atoms with Crippen LogP contribution in [0.25, 0.3) is 0 Å². The maximum Gasteiger partial charge on any atom is 0.284 e. The second-order valence-electron chi connectivity index (χ2n) is 8.85. The lowest BCUT2D eigenvalue weighted by Gasteiger charge is -2.34. The molecule has 0 aromatic carbocycles. The first-order valence-electron chi connectivity index (χ1n) is 11.1. The number of aryl methyl sites for hydroxylation is 1. The Kier molecular flexibility index (Phi) is 5.13. The average molecular weight is 425 g/mol. The fourth-order valence-electron chi connectivity index (χ4n) is 5.05. The van der Waals surface area contributed by atoms with Gasteiger partial charge in [-0.15, -0.1) is 0 Å². The van der Waals surface area contributed by atoms with Crippen LogP contribution in [0.5, 0.6) is 0 Å². The quantitative estimate of drug-likeness (QED) is 0.499. The van der Waals surface area contributed by atoms with Gasteiger partial charge in [-0.1, -0.05) is 19.3 Å². The van der Waals surface area contributed by atoms with Crippen LogP contribution in [0.4, 0.5) is 17.5 Å². The van der Waals surface area contributed by atoms with Crippen molar-refractivity contribution >= 4 is 23.4 Å². The number of nitrogens with one attached hydrogen (secondary N) is 3. The Morgan fingerprint density at radius 3 is 2.84 bits per heavy atom. The number of carbonyl (C=O) groups excluding carboxylic acids is 1.